The predicted octanol–water partition coefficient (Wildman–Crippen LogP) is 0.961. The third kappa shape index (κ3) is 0.484. The number of ether oxygens (including phenoxy) is 1. The largest absolute Gasteiger partial charge is 0.374 e. The topological polar surface area (TPSA) is 9.23 Å². The van der Waals surface area contributed by atoms with Gasteiger partial charge in [-0.25, -0.2) is 0 Å². The Morgan fingerprint density at radius 3 is 3.14 bits per heavy atom. The quantitative estimate of drug-likeness (QED) is 0.408. The predicted molar refractivity (Wildman–Crippen MR) is 27.0 cm³/mol. The van der Waals surface area contributed by atoms with Gasteiger partial charge in [-0.05, 0) is 6.42 Å². The van der Waals surface area contributed by atoms with Crippen molar-refractivity contribution in [3.63, 3.8) is 0 Å². The molecule has 38 valence electrons. The molecule has 0 aromatic carbocycles. The monoisotopic (exact) mass is 96.1 g/mol. The van der Waals surface area contributed by atoms with Crippen molar-refractivity contribution < 1.29 is 4.74 Å². The molecule has 0 amide bonds. The number of fused-ring (bicyclic) bond motifs is 1. The van der Waals surface area contributed by atoms with E-state index in [-0.39, 0.29) is 0 Å². The highest BCUT2D eigenvalue weighted by molar-refractivity contribution is 5.07. The van der Waals surface area contributed by atoms with E-state index in [4.69, 9.17) is 4.74 Å². The zero-order chi connectivity index (χ0) is 4.69. The highest BCUT2D eigenvalue weighted by Crippen LogP contribution is 2.36. The standard InChI is InChI=1S/C6H8O/c1-2-5-4-6(5)7-3-1/h1-2,5-6H,3-4H2. The van der Waals surface area contributed by atoms with Gasteiger partial charge in [-0.15, -0.1) is 0 Å². The van der Waals surface area contributed by atoms with Crippen LogP contribution in [0.25, 0.3) is 0 Å². The fourth-order valence-electron chi connectivity index (χ4n) is 0.993. The van der Waals surface area contributed by atoms with Crippen molar-refractivity contribution in [2.24, 2.45) is 5.92 Å². The molecule has 1 nitrogen and oxygen atoms in total. The molecule has 1 saturated carbocycles. The van der Waals surface area contributed by atoms with Crippen molar-refractivity contribution in [1.29, 1.82) is 0 Å². The van der Waals surface area contributed by atoms with Gasteiger partial charge in [0.05, 0.1) is 12.7 Å². The summed E-state index contributed by atoms with van der Waals surface area (Å²) >= 11 is 0. The van der Waals surface area contributed by atoms with Gasteiger partial charge in [-0.3, -0.25) is 0 Å². The van der Waals surface area contributed by atoms with E-state index < -0.39 is 0 Å². The van der Waals surface area contributed by atoms with E-state index >= 15 is 0 Å². The molecule has 0 bridgehead atoms. The summed E-state index contributed by atoms with van der Waals surface area (Å²) in [4.78, 5) is 0. The molecule has 0 spiro atoms. The minimum atomic E-state index is 0.616. The Kier molecular flexibility index (Phi) is 0.577. The van der Waals surface area contributed by atoms with E-state index in [0.717, 1.165) is 12.5 Å². The van der Waals surface area contributed by atoms with Crippen LogP contribution >= 0.6 is 0 Å². The zero-order valence-electron chi connectivity index (χ0n) is 4.13. The summed E-state index contributed by atoms with van der Waals surface area (Å²) < 4.78 is 5.27. The lowest BCUT2D eigenvalue weighted by atomic mass is 10.3. The van der Waals surface area contributed by atoms with E-state index in [1.54, 1.807) is 0 Å². The molecule has 0 radical (unpaired) electrons. The lowest BCUT2D eigenvalue weighted by Crippen LogP contribution is -1.99. The molecule has 0 aromatic heterocycles. The lowest BCUT2D eigenvalue weighted by Gasteiger charge is -2.00. The maximum atomic E-state index is 5.27. The maximum Gasteiger partial charge on any atom is 0.0651 e. The van der Waals surface area contributed by atoms with Gasteiger partial charge in [0, 0.05) is 5.92 Å². The molecule has 1 aliphatic heterocycles. The average Bonchev–Trinajstić information content (AvgIpc) is 2.41. The minimum absolute atomic E-state index is 0.616. The number of rotatable bonds is 0. The second kappa shape index (κ2) is 1.10. The Morgan fingerprint density at radius 1 is 1.57 bits per heavy atom. The van der Waals surface area contributed by atoms with Gasteiger partial charge < -0.3 is 4.74 Å². The summed E-state index contributed by atoms with van der Waals surface area (Å²) in [5, 5.41) is 0. The summed E-state index contributed by atoms with van der Waals surface area (Å²) in [5.41, 5.74) is 0. The molecule has 2 aliphatic rings. The molecule has 1 fully saturated rings. The maximum absolute atomic E-state index is 5.27. The Bertz CT molecular complexity index is 107. The number of hydrogen-bond donors (Lipinski definition) is 0. The summed E-state index contributed by atoms with van der Waals surface area (Å²) in [7, 11) is 0. The molecular weight excluding hydrogens is 88.1 g/mol. The first-order chi connectivity index (χ1) is 3.47. The molecule has 2 atom stereocenters. The normalized spacial score (nSPS) is 45.7. The van der Waals surface area contributed by atoms with Crippen LogP contribution in [0, 0.1) is 5.92 Å². The van der Waals surface area contributed by atoms with Crippen molar-refractivity contribution in [2.45, 2.75) is 12.5 Å². The van der Waals surface area contributed by atoms with E-state index in [1.807, 2.05) is 0 Å². The fraction of sp³-hybridized carbons (Fsp3) is 0.667. The van der Waals surface area contributed by atoms with Gasteiger partial charge in [0.2, 0.25) is 0 Å². The molecule has 1 aliphatic carbocycles. The number of hydrogen-bond acceptors (Lipinski definition) is 1. The van der Waals surface area contributed by atoms with Crippen LogP contribution in [-0.2, 0) is 4.74 Å². The first-order valence-electron chi connectivity index (χ1n) is 2.75. The molecule has 1 heteroatoms. The van der Waals surface area contributed by atoms with Crippen molar-refractivity contribution in [2.75, 3.05) is 6.61 Å². The van der Waals surface area contributed by atoms with Crippen LogP contribution in [0.3, 0.4) is 0 Å². The van der Waals surface area contributed by atoms with Crippen molar-refractivity contribution in [1.82, 2.24) is 0 Å². The van der Waals surface area contributed by atoms with Crippen LogP contribution in [0.1, 0.15) is 6.42 Å². The lowest BCUT2D eigenvalue weighted by molar-refractivity contribution is 0.133. The molecule has 2 rings (SSSR count). The summed E-state index contributed by atoms with van der Waals surface area (Å²) in [6, 6.07) is 0. The molecule has 0 aromatic rings. The SMILES string of the molecule is C1=CC2CC2OC1. The Labute approximate surface area is 43.0 Å². The molecule has 0 saturated heterocycles. The van der Waals surface area contributed by atoms with Gasteiger partial charge in [0.15, 0.2) is 0 Å². The molecule has 1 heterocycles. The van der Waals surface area contributed by atoms with Gasteiger partial charge in [0.25, 0.3) is 0 Å². The van der Waals surface area contributed by atoms with Crippen molar-refractivity contribution >= 4 is 0 Å². The molecule has 7 heavy (non-hydrogen) atoms. The smallest absolute Gasteiger partial charge is 0.0651 e. The van der Waals surface area contributed by atoms with E-state index in [9.17, 15) is 0 Å². The van der Waals surface area contributed by atoms with Crippen LogP contribution in [0.4, 0.5) is 0 Å². The average molecular weight is 96.1 g/mol. The second-order valence-electron chi connectivity index (χ2n) is 2.20. The minimum Gasteiger partial charge on any atom is -0.374 e. The molecule has 2 unspecified atom stereocenters. The van der Waals surface area contributed by atoms with Crippen LogP contribution in [0.5, 0.6) is 0 Å². The second-order valence-corrected chi connectivity index (χ2v) is 2.20. The summed E-state index contributed by atoms with van der Waals surface area (Å²) in [6.07, 6.45) is 6.25. The van der Waals surface area contributed by atoms with Crippen molar-refractivity contribution in [3.8, 4) is 0 Å². The Morgan fingerprint density at radius 2 is 2.57 bits per heavy atom. The zero-order valence-corrected chi connectivity index (χ0v) is 4.13. The third-order valence-corrected chi connectivity index (χ3v) is 1.57. The third-order valence-electron chi connectivity index (χ3n) is 1.57. The molecule has 0 N–H and O–H groups in total. The van der Waals surface area contributed by atoms with Crippen molar-refractivity contribution in [3.05, 3.63) is 12.2 Å². The van der Waals surface area contributed by atoms with Crippen LogP contribution in [0.15, 0.2) is 12.2 Å². The van der Waals surface area contributed by atoms with E-state index in [1.165, 1.54) is 6.42 Å². The van der Waals surface area contributed by atoms with Gasteiger partial charge in [-0.2, -0.15) is 0 Å². The first-order valence-corrected chi connectivity index (χ1v) is 2.75. The summed E-state index contributed by atoms with van der Waals surface area (Å²) in [5.74, 6) is 0.800. The highest BCUT2D eigenvalue weighted by atomic mass is 16.5. The Hall–Kier alpha value is -0.300. The van der Waals surface area contributed by atoms with Crippen LogP contribution in [0.2, 0.25) is 0 Å². The highest BCUT2D eigenvalue weighted by Gasteiger charge is 2.37. The first kappa shape index (κ1) is 3.67. The van der Waals surface area contributed by atoms with Gasteiger partial charge in [0.1, 0.15) is 0 Å². The van der Waals surface area contributed by atoms with Gasteiger partial charge >= 0.3 is 0 Å². The Balaban J connectivity index is 2.14. The van der Waals surface area contributed by atoms with Crippen LogP contribution in [-0.4, -0.2) is 12.7 Å². The van der Waals surface area contributed by atoms with Gasteiger partial charge in [-0.1, -0.05) is 12.2 Å². The summed E-state index contributed by atoms with van der Waals surface area (Å²) in [6.45, 7) is 0.848. The molecular formula is C6H8O. The van der Waals surface area contributed by atoms with E-state index in [2.05, 4.69) is 12.2 Å². The van der Waals surface area contributed by atoms with Crippen LogP contribution < -0.4 is 0 Å². The fourth-order valence-corrected chi connectivity index (χ4v) is 0.993. The van der Waals surface area contributed by atoms with E-state index in [0.29, 0.717) is 6.10 Å².